The first-order valence-corrected chi connectivity index (χ1v) is 9.32. The van der Waals surface area contributed by atoms with Crippen LogP contribution >= 0.6 is 0 Å². The van der Waals surface area contributed by atoms with Crippen molar-refractivity contribution in [3.63, 3.8) is 0 Å². The molecule has 1 aliphatic rings. The Hall–Kier alpha value is -2.90. The second kappa shape index (κ2) is 7.26. The summed E-state index contributed by atoms with van der Waals surface area (Å²) in [7, 11) is 0. The Morgan fingerprint density at radius 2 is 1.79 bits per heavy atom. The molecule has 144 valence electrons. The van der Waals surface area contributed by atoms with E-state index in [0.717, 1.165) is 40.4 Å². The Balaban J connectivity index is 1.61. The van der Waals surface area contributed by atoms with Gasteiger partial charge in [0.1, 0.15) is 11.9 Å². The van der Waals surface area contributed by atoms with E-state index in [0.29, 0.717) is 11.5 Å². The zero-order valence-corrected chi connectivity index (χ0v) is 15.8. The Labute approximate surface area is 162 Å². The lowest BCUT2D eigenvalue weighted by Crippen LogP contribution is -2.15. The predicted octanol–water partition coefficient (Wildman–Crippen LogP) is 2.76. The number of pyridine rings is 3. The number of hydrogen-bond donors (Lipinski definition) is 3. The number of anilines is 1. The third-order valence-electron chi connectivity index (χ3n) is 4.97. The summed E-state index contributed by atoms with van der Waals surface area (Å²) in [4.78, 5) is 25.0. The quantitative estimate of drug-likeness (QED) is 0.630. The molecule has 0 saturated heterocycles. The van der Waals surface area contributed by atoms with E-state index in [-0.39, 0.29) is 11.8 Å². The molecule has 1 saturated carbocycles. The molecule has 1 amide bonds. The number of fused-ring (bicyclic) bond motifs is 1. The summed E-state index contributed by atoms with van der Waals surface area (Å²) in [5.41, 5.74) is 2.91. The highest BCUT2D eigenvalue weighted by Gasteiger charge is 2.29. The fourth-order valence-electron chi connectivity index (χ4n) is 3.08. The topological polar surface area (TPSA) is 108 Å². The van der Waals surface area contributed by atoms with E-state index >= 15 is 0 Å². The van der Waals surface area contributed by atoms with E-state index in [1.165, 1.54) is 6.92 Å². The number of hydrogen-bond acceptors (Lipinski definition) is 6. The summed E-state index contributed by atoms with van der Waals surface area (Å²) in [6, 6.07) is 5.50. The monoisotopic (exact) mass is 378 g/mol. The van der Waals surface area contributed by atoms with Gasteiger partial charge in [0.25, 0.3) is 0 Å². The highest BCUT2D eigenvalue weighted by Crippen LogP contribution is 2.31. The SMILES string of the molecule is Cc1cc(C(O)C(C)O)ncc1-c1cc2cnc(NC(=O)C3CC3)cc2cn1. The Bertz CT molecular complexity index is 1050. The van der Waals surface area contributed by atoms with E-state index < -0.39 is 12.2 Å². The molecule has 1 fully saturated rings. The number of rotatable bonds is 5. The van der Waals surface area contributed by atoms with Crippen molar-refractivity contribution in [2.24, 2.45) is 5.92 Å². The van der Waals surface area contributed by atoms with Crippen LogP contribution in [0.5, 0.6) is 0 Å². The predicted molar refractivity (Wildman–Crippen MR) is 106 cm³/mol. The highest BCUT2D eigenvalue weighted by molar-refractivity contribution is 5.95. The van der Waals surface area contributed by atoms with Crippen LogP contribution in [0.25, 0.3) is 22.0 Å². The largest absolute Gasteiger partial charge is 0.390 e. The summed E-state index contributed by atoms with van der Waals surface area (Å²) in [5, 5.41) is 24.2. The fourth-order valence-corrected chi connectivity index (χ4v) is 3.08. The van der Waals surface area contributed by atoms with Crippen molar-refractivity contribution in [3.05, 3.63) is 48.0 Å². The molecule has 2 atom stereocenters. The number of nitrogens with zero attached hydrogens (tertiary/aromatic N) is 3. The van der Waals surface area contributed by atoms with Crippen molar-refractivity contribution in [1.29, 1.82) is 0 Å². The van der Waals surface area contributed by atoms with Crippen LogP contribution in [0.3, 0.4) is 0 Å². The minimum atomic E-state index is -1.02. The molecule has 3 aromatic rings. The molecule has 0 radical (unpaired) electrons. The lowest BCUT2D eigenvalue weighted by atomic mass is 10.0. The molecule has 3 heterocycles. The van der Waals surface area contributed by atoms with E-state index in [9.17, 15) is 15.0 Å². The normalized spacial score (nSPS) is 16.0. The van der Waals surface area contributed by atoms with Crippen molar-refractivity contribution >= 4 is 22.5 Å². The van der Waals surface area contributed by atoms with Crippen LogP contribution in [0.15, 0.2) is 36.8 Å². The standard InChI is InChI=1S/C21H22N4O3/c1-11-5-18(20(27)12(2)26)23-10-16(11)17-6-14-9-24-19(7-15(14)8-22-17)25-21(28)13-3-4-13/h5-10,12-13,20,26-27H,3-4H2,1-2H3,(H,24,25,28). The molecular formula is C21H22N4O3. The van der Waals surface area contributed by atoms with Gasteiger partial charge in [-0.25, -0.2) is 4.98 Å². The van der Waals surface area contributed by atoms with Crippen molar-refractivity contribution in [2.75, 3.05) is 5.32 Å². The smallest absolute Gasteiger partial charge is 0.228 e. The maximum Gasteiger partial charge on any atom is 0.228 e. The van der Waals surface area contributed by atoms with E-state index in [2.05, 4.69) is 20.3 Å². The van der Waals surface area contributed by atoms with Gasteiger partial charge >= 0.3 is 0 Å². The summed E-state index contributed by atoms with van der Waals surface area (Å²) >= 11 is 0. The summed E-state index contributed by atoms with van der Waals surface area (Å²) in [6.45, 7) is 3.44. The first-order valence-electron chi connectivity index (χ1n) is 9.32. The molecule has 7 nitrogen and oxygen atoms in total. The lowest BCUT2D eigenvalue weighted by molar-refractivity contribution is -0.117. The molecule has 28 heavy (non-hydrogen) atoms. The maximum absolute atomic E-state index is 11.9. The first-order chi connectivity index (χ1) is 13.4. The van der Waals surface area contributed by atoms with Crippen LogP contribution in [0, 0.1) is 12.8 Å². The van der Waals surface area contributed by atoms with Crippen molar-refractivity contribution in [3.8, 4) is 11.3 Å². The second-order valence-corrected chi connectivity index (χ2v) is 7.36. The number of aryl methyl sites for hydroxylation is 1. The van der Waals surface area contributed by atoms with Crippen LogP contribution in [-0.4, -0.2) is 37.2 Å². The van der Waals surface area contributed by atoms with Gasteiger partial charge in [0, 0.05) is 40.8 Å². The molecule has 0 spiro atoms. The van der Waals surface area contributed by atoms with Crippen molar-refractivity contribution in [1.82, 2.24) is 15.0 Å². The Kier molecular flexibility index (Phi) is 4.78. The van der Waals surface area contributed by atoms with Gasteiger partial charge in [-0.2, -0.15) is 0 Å². The molecule has 3 aromatic heterocycles. The van der Waals surface area contributed by atoms with Gasteiger partial charge in [0.2, 0.25) is 5.91 Å². The Morgan fingerprint density at radius 1 is 1.07 bits per heavy atom. The average Bonchev–Trinajstić information content (AvgIpc) is 3.52. The minimum Gasteiger partial charge on any atom is -0.390 e. The van der Waals surface area contributed by atoms with E-state index in [1.54, 1.807) is 24.7 Å². The van der Waals surface area contributed by atoms with Crippen LogP contribution in [0.2, 0.25) is 0 Å². The van der Waals surface area contributed by atoms with Gasteiger partial charge in [-0.1, -0.05) is 0 Å². The van der Waals surface area contributed by atoms with Gasteiger partial charge in [-0.05, 0) is 50.5 Å². The van der Waals surface area contributed by atoms with Gasteiger partial charge in [0.15, 0.2) is 0 Å². The maximum atomic E-state index is 11.9. The van der Waals surface area contributed by atoms with E-state index in [4.69, 9.17) is 0 Å². The Morgan fingerprint density at radius 3 is 2.46 bits per heavy atom. The number of nitrogens with one attached hydrogen (secondary N) is 1. The molecule has 3 N–H and O–H groups in total. The van der Waals surface area contributed by atoms with Crippen molar-refractivity contribution < 1.29 is 15.0 Å². The third kappa shape index (κ3) is 3.72. The number of amides is 1. The first kappa shape index (κ1) is 18.5. The summed E-state index contributed by atoms with van der Waals surface area (Å²) < 4.78 is 0. The molecule has 2 unspecified atom stereocenters. The van der Waals surface area contributed by atoms with Crippen LogP contribution < -0.4 is 5.32 Å². The van der Waals surface area contributed by atoms with Gasteiger partial charge in [-0.3, -0.25) is 14.8 Å². The number of aromatic nitrogens is 3. The number of carbonyl (C=O) groups is 1. The van der Waals surface area contributed by atoms with Crippen LogP contribution in [0.1, 0.15) is 37.1 Å². The van der Waals surface area contributed by atoms with Gasteiger partial charge in [-0.15, -0.1) is 0 Å². The number of carbonyl (C=O) groups excluding carboxylic acids is 1. The third-order valence-corrected chi connectivity index (χ3v) is 4.97. The highest BCUT2D eigenvalue weighted by atomic mass is 16.3. The molecule has 7 heteroatoms. The molecule has 0 bridgehead atoms. The summed E-state index contributed by atoms with van der Waals surface area (Å²) in [5.74, 6) is 0.689. The molecule has 0 aliphatic heterocycles. The zero-order valence-electron chi connectivity index (χ0n) is 15.8. The van der Waals surface area contributed by atoms with Gasteiger partial charge in [0.05, 0.1) is 17.5 Å². The number of aliphatic hydroxyl groups excluding tert-OH is 2. The molecular weight excluding hydrogens is 356 g/mol. The molecule has 4 rings (SSSR count). The average molecular weight is 378 g/mol. The minimum absolute atomic E-state index is 0.0256. The molecule has 1 aliphatic carbocycles. The summed E-state index contributed by atoms with van der Waals surface area (Å²) in [6.07, 6.45) is 5.11. The van der Waals surface area contributed by atoms with Gasteiger partial charge < -0.3 is 15.5 Å². The zero-order chi connectivity index (χ0) is 19.8. The number of aliphatic hydroxyl groups is 2. The second-order valence-electron chi connectivity index (χ2n) is 7.36. The molecule has 0 aromatic carbocycles. The van der Waals surface area contributed by atoms with Crippen LogP contribution in [0.4, 0.5) is 5.82 Å². The lowest BCUT2D eigenvalue weighted by Gasteiger charge is -2.15. The van der Waals surface area contributed by atoms with E-state index in [1.807, 2.05) is 19.1 Å². The van der Waals surface area contributed by atoms with Crippen molar-refractivity contribution in [2.45, 2.75) is 38.9 Å². The van der Waals surface area contributed by atoms with Crippen LogP contribution in [-0.2, 0) is 4.79 Å². The fraction of sp³-hybridized carbons (Fsp3) is 0.333.